The number of aromatic amines is 1. The van der Waals surface area contributed by atoms with Gasteiger partial charge in [-0.1, -0.05) is 0 Å². The number of nitrogens with zero attached hydrogens (tertiary/aromatic N) is 4. The minimum atomic E-state index is -0.344. The number of carbonyl (C=O) groups is 1. The molecule has 3 aromatic rings. The maximum atomic E-state index is 12.3. The fraction of sp³-hybridized carbons (Fsp3) is 0.312. The topological polar surface area (TPSA) is 96.5 Å². The molecule has 4 rings (SSSR count). The third-order valence-corrected chi connectivity index (χ3v) is 4.93. The van der Waals surface area contributed by atoms with Crippen LogP contribution in [0.3, 0.4) is 0 Å². The Morgan fingerprint density at radius 2 is 2.04 bits per heavy atom. The Balaban J connectivity index is 1.51. The molecule has 24 heavy (non-hydrogen) atoms. The molecular formula is C16H16N6OS. The van der Waals surface area contributed by atoms with Gasteiger partial charge in [0.05, 0.1) is 22.5 Å². The predicted molar refractivity (Wildman–Crippen MR) is 91.1 cm³/mol. The second-order valence-electron chi connectivity index (χ2n) is 5.73. The summed E-state index contributed by atoms with van der Waals surface area (Å²) in [5.41, 5.74) is 2.23. The highest BCUT2D eigenvalue weighted by Crippen LogP contribution is 2.25. The first kappa shape index (κ1) is 14.9. The van der Waals surface area contributed by atoms with Crippen LogP contribution in [0, 0.1) is 6.92 Å². The van der Waals surface area contributed by atoms with Crippen molar-refractivity contribution in [3.8, 4) is 10.7 Å². The van der Waals surface area contributed by atoms with Gasteiger partial charge in [-0.2, -0.15) is 4.98 Å². The number of H-pyrrole nitrogens is 1. The second-order valence-corrected chi connectivity index (χ2v) is 7.02. The minimum absolute atomic E-state index is 0.237. The summed E-state index contributed by atoms with van der Waals surface area (Å²) in [4.78, 5) is 27.6. The first-order valence-electron chi connectivity index (χ1n) is 7.84. The van der Waals surface area contributed by atoms with Crippen molar-refractivity contribution in [1.29, 1.82) is 0 Å². The van der Waals surface area contributed by atoms with Crippen LogP contribution in [-0.4, -0.2) is 31.1 Å². The number of anilines is 1. The molecule has 0 aliphatic heterocycles. The highest BCUT2D eigenvalue weighted by Gasteiger charge is 2.17. The number of rotatable bonds is 3. The molecule has 0 radical (unpaired) electrons. The van der Waals surface area contributed by atoms with Crippen molar-refractivity contribution in [2.24, 2.45) is 0 Å². The molecule has 0 fully saturated rings. The molecule has 0 unspecified atom stereocenters. The molecule has 0 spiro atoms. The van der Waals surface area contributed by atoms with Crippen LogP contribution in [0.4, 0.5) is 5.95 Å². The van der Waals surface area contributed by atoms with Crippen LogP contribution < -0.4 is 5.32 Å². The van der Waals surface area contributed by atoms with E-state index in [4.69, 9.17) is 0 Å². The first-order chi connectivity index (χ1) is 11.7. The number of thiophene rings is 1. The third kappa shape index (κ3) is 2.92. The second kappa shape index (κ2) is 6.12. The van der Waals surface area contributed by atoms with Crippen LogP contribution >= 0.6 is 11.3 Å². The molecule has 122 valence electrons. The van der Waals surface area contributed by atoms with Gasteiger partial charge in [-0.25, -0.2) is 4.98 Å². The molecule has 2 N–H and O–H groups in total. The third-order valence-electron chi connectivity index (χ3n) is 3.93. The maximum absolute atomic E-state index is 12.3. The van der Waals surface area contributed by atoms with Crippen LogP contribution in [0.5, 0.6) is 0 Å². The van der Waals surface area contributed by atoms with E-state index in [0.29, 0.717) is 11.5 Å². The first-order valence-corrected chi connectivity index (χ1v) is 8.66. The normalized spacial score (nSPS) is 13.5. The Bertz CT molecular complexity index is 900. The summed E-state index contributed by atoms with van der Waals surface area (Å²) in [6.45, 7) is 2.03. The number of aromatic nitrogens is 5. The quantitative estimate of drug-likeness (QED) is 0.764. The number of nitrogens with one attached hydrogen (secondary N) is 2. The van der Waals surface area contributed by atoms with Gasteiger partial charge in [0.1, 0.15) is 5.69 Å². The summed E-state index contributed by atoms with van der Waals surface area (Å²) < 4.78 is 0. The smallest absolute Gasteiger partial charge is 0.278 e. The van der Waals surface area contributed by atoms with Gasteiger partial charge in [-0.15, -0.1) is 16.4 Å². The lowest BCUT2D eigenvalue weighted by molar-refractivity contribution is 0.102. The highest BCUT2D eigenvalue weighted by molar-refractivity contribution is 7.15. The predicted octanol–water partition coefficient (Wildman–Crippen LogP) is 2.76. The number of hydrogen-bond donors (Lipinski definition) is 2. The molecule has 3 aromatic heterocycles. The van der Waals surface area contributed by atoms with Gasteiger partial charge < -0.3 is 0 Å². The number of carbonyl (C=O) groups excluding carboxylic acids is 1. The summed E-state index contributed by atoms with van der Waals surface area (Å²) >= 11 is 1.62. The van der Waals surface area contributed by atoms with Crippen LogP contribution in [0.15, 0.2) is 18.3 Å². The maximum Gasteiger partial charge on any atom is 0.278 e. The van der Waals surface area contributed by atoms with E-state index in [9.17, 15) is 4.79 Å². The Hall–Kier alpha value is -2.61. The molecule has 0 saturated heterocycles. The zero-order valence-corrected chi connectivity index (χ0v) is 14.0. The molecule has 0 bridgehead atoms. The summed E-state index contributed by atoms with van der Waals surface area (Å²) in [7, 11) is 0. The zero-order chi connectivity index (χ0) is 16.5. The van der Waals surface area contributed by atoms with E-state index in [-0.39, 0.29) is 11.9 Å². The van der Waals surface area contributed by atoms with E-state index in [2.05, 4.69) is 30.5 Å². The Labute approximate surface area is 142 Å². The van der Waals surface area contributed by atoms with Gasteiger partial charge >= 0.3 is 0 Å². The van der Waals surface area contributed by atoms with Crippen LogP contribution in [0.1, 0.15) is 39.6 Å². The SMILES string of the molecule is Cc1ccc(-c2nc(NC(=O)c3cnc4c(n3)CCCC4)n[nH]2)s1. The van der Waals surface area contributed by atoms with Crippen molar-refractivity contribution in [3.05, 3.63) is 40.3 Å². The average Bonchev–Trinajstić information content (AvgIpc) is 3.23. The van der Waals surface area contributed by atoms with Crippen LogP contribution in [0.2, 0.25) is 0 Å². The van der Waals surface area contributed by atoms with Gasteiger partial charge in [-0.05, 0) is 44.7 Å². The van der Waals surface area contributed by atoms with Crippen molar-refractivity contribution >= 4 is 23.2 Å². The number of amides is 1. The van der Waals surface area contributed by atoms with Gasteiger partial charge in [0, 0.05) is 4.88 Å². The molecule has 0 atom stereocenters. The lowest BCUT2D eigenvalue weighted by Gasteiger charge is -2.13. The molecule has 0 aromatic carbocycles. The van der Waals surface area contributed by atoms with Crippen LogP contribution in [-0.2, 0) is 12.8 Å². The van der Waals surface area contributed by atoms with Crippen molar-refractivity contribution in [3.63, 3.8) is 0 Å². The molecule has 7 nitrogen and oxygen atoms in total. The summed E-state index contributed by atoms with van der Waals surface area (Å²) in [6, 6.07) is 3.99. The molecule has 1 amide bonds. The van der Waals surface area contributed by atoms with Crippen molar-refractivity contribution < 1.29 is 4.79 Å². The fourth-order valence-corrected chi connectivity index (χ4v) is 3.52. The Kier molecular flexibility index (Phi) is 3.81. The summed E-state index contributed by atoms with van der Waals surface area (Å²) in [5, 5.41) is 9.56. The molecule has 0 saturated carbocycles. The van der Waals surface area contributed by atoms with E-state index >= 15 is 0 Å². The molecule has 1 aliphatic carbocycles. The summed E-state index contributed by atoms with van der Waals surface area (Å²) in [6.07, 6.45) is 5.57. The van der Waals surface area contributed by atoms with Crippen molar-refractivity contribution in [1.82, 2.24) is 25.1 Å². The molecule has 3 heterocycles. The highest BCUT2D eigenvalue weighted by atomic mass is 32.1. The zero-order valence-electron chi connectivity index (χ0n) is 13.2. The minimum Gasteiger partial charge on any atom is -0.288 e. The molecular weight excluding hydrogens is 324 g/mol. The number of aryl methyl sites for hydroxylation is 3. The molecule has 1 aliphatic rings. The lowest BCUT2D eigenvalue weighted by Crippen LogP contribution is -2.18. The van der Waals surface area contributed by atoms with Gasteiger partial charge in [0.15, 0.2) is 5.82 Å². The van der Waals surface area contributed by atoms with Gasteiger partial charge in [0.2, 0.25) is 5.95 Å². The van der Waals surface area contributed by atoms with E-state index in [1.807, 2.05) is 19.1 Å². The number of hydrogen-bond acceptors (Lipinski definition) is 6. The molecule has 8 heteroatoms. The van der Waals surface area contributed by atoms with Crippen LogP contribution in [0.25, 0.3) is 10.7 Å². The van der Waals surface area contributed by atoms with E-state index in [0.717, 1.165) is 41.9 Å². The van der Waals surface area contributed by atoms with E-state index in [1.54, 1.807) is 11.3 Å². The monoisotopic (exact) mass is 340 g/mol. The summed E-state index contributed by atoms with van der Waals surface area (Å²) in [5.74, 6) is 0.532. The van der Waals surface area contributed by atoms with Crippen molar-refractivity contribution in [2.45, 2.75) is 32.6 Å². The lowest BCUT2D eigenvalue weighted by atomic mass is 10.0. The van der Waals surface area contributed by atoms with Gasteiger partial charge in [0.25, 0.3) is 5.91 Å². The standard InChI is InChI=1S/C16H16N6OS/c1-9-6-7-13(24-9)14-19-16(22-21-14)20-15(23)12-8-17-10-4-2-3-5-11(10)18-12/h6-8H,2-5H2,1H3,(H2,19,20,21,22,23). The number of fused-ring (bicyclic) bond motifs is 1. The Morgan fingerprint density at radius 1 is 1.21 bits per heavy atom. The Morgan fingerprint density at radius 3 is 2.83 bits per heavy atom. The van der Waals surface area contributed by atoms with E-state index < -0.39 is 0 Å². The van der Waals surface area contributed by atoms with Gasteiger partial charge in [-0.3, -0.25) is 20.2 Å². The van der Waals surface area contributed by atoms with E-state index in [1.165, 1.54) is 11.1 Å². The fourth-order valence-electron chi connectivity index (χ4n) is 2.71. The largest absolute Gasteiger partial charge is 0.288 e. The van der Waals surface area contributed by atoms with Crippen molar-refractivity contribution in [2.75, 3.05) is 5.32 Å². The average molecular weight is 340 g/mol.